The molecule has 49 heavy (non-hydrogen) atoms. The van der Waals surface area contributed by atoms with Crippen LogP contribution >= 0.6 is 11.6 Å². The second-order valence-electron chi connectivity index (χ2n) is 14.8. The number of benzene rings is 2. The van der Waals surface area contributed by atoms with Gasteiger partial charge in [-0.05, 0) is 65.1 Å². The summed E-state index contributed by atoms with van der Waals surface area (Å²) in [6, 6.07) is 6.06. The Balaban J connectivity index is 1.24. The molecule has 2 bridgehead atoms. The van der Waals surface area contributed by atoms with E-state index in [1.54, 1.807) is 29.3 Å². The van der Waals surface area contributed by atoms with Crippen LogP contribution in [-0.2, 0) is 4.74 Å². The van der Waals surface area contributed by atoms with Crippen LogP contribution in [0.5, 0.6) is 6.01 Å². The smallest absolute Gasteiger partial charge is 0.410 e. The minimum Gasteiger partial charge on any atom is -0.461 e. The Bertz CT molecular complexity index is 1960. The Morgan fingerprint density at radius 2 is 1.88 bits per heavy atom. The number of halogens is 4. The van der Waals surface area contributed by atoms with E-state index in [-0.39, 0.29) is 46.7 Å². The molecule has 4 saturated heterocycles. The van der Waals surface area contributed by atoms with Gasteiger partial charge in [0.15, 0.2) is 5.82 Å². The zero-order chi connectivity index (χ0) is 34.2. The quantitative estimate of drug-likeness (QED) is 0.215. The highest BCUT2D eigenvalue weighted by molar-refractivity contribution is 6.36. The van der Waals surface area contributed by atoms with Crippen molar-refractivity contribution in [3.63, 3.8) is 0 Å². The molecule has 2 aromatic heterocycles. The molecule has 0 aliphatic carbocycles. The number of pyridine rings is 1. The number of hydrogen-bond acceptors (Lipinski definition) is 8. The lowest BCUT2D eigenvalue weighted by atomic mass is 9.95. The predicted octanol–water partition coefficient (Wildman–Crippen LogP) is 7.32. The molecule has 0 spiro atoms. The summed E-state index contributed by atoms with van der Waals surface area (Å²) >= 11 is 6.56. The number of rotatable bonds is 5. The van der Waals surface area contributed by atoms with Crippen LogP contribution < -0.4 is 9.64 Å². The van der Waals surface area contributed by atoms with Crippen LogP contribution in [0.3, 0.4) is 0 Å². The van der Waals surface area contributed by atoms with Crippen molar-refractivity contribution in [2.75, 3.05) is 37.7 Å². The molecule has 8 rings (SSSR count). The summed E-state index contributed by atoms with van der Waals surface area (Å²) in [5.74, 6) is -1.36. The topological polar surface area (TPSA) is 83.9 Å². The maximum atomic E-state index is 16.9. The minimum atomic E-state index is -0.946. The van der Waals surface area contributed by atoms with Gasteiger partial charge in [0, 0.05) is 77.3 Å². The molecular formula is C36H38ClF3N6O3. The zero-order valence-corrected chi connectivity index (χ0v) is 28.4. The second kappa shape index (κ2) is 11.9. The highest BCUT2D eigenvalue weighted by Gasteiger charge is 2.50. The summed E-state index contributed by atoms with van der Waals surface area (Å²) in [4.78, 5) is 32.5. The first-order valence-corrected chi connectivity index (χ1v) is 17.3. The zero-order valence-electron chi connectivity index (χ0n) is 27.7. The monoisotopic (exact) mass is 694 g/mol. The summed E-state index contributed by atoms with van der Waals surface area (Å²) in [5, 5.41) is 1.64. The molecule has 4 atom stereocenters. The lowest BCUT2D eigenvalue weighted by Crippen LogP contribution is -2.56. The van der Waals surface area contributed by atoms with Crippen LogP contribution in [0.1, 0.15) is 52.9 Å². The number of amides is 1. The Labute approximate surface area is 287 Å². The number of fused-ring (bicyclic) bond motifs is 5. The number of hydrogen-bond donors (Lipinski definition) is 0. The van der Waals surface area contributed by atoms with Crippen molar-refractivity contribution < 1.29 is 27.4 Å². The highest BCUT2D eigenvalue weighted by Crippen LogP contribution is 2.44. The van der Waals surface area contributed by atoms with E-state index in [4.69, 9.17) is 26.1 Å². The van der Waals surface area contributed by atoms with Gasteiger partial charge in [0.1, 0.15) is 35.5 Å². The summed E-state index contributed by atoms with van der Waals surface area (Å²) in [5.41, 5.74) is -1.33. The van der Waals surface area contributed by atoms with E-state index in [9.17, 15) is 9.18 Å². The normalized spacial score (nSPS) is 25.4. The van der Waals surface area contributed by atoms with Gasteiger partial charge in [-0.2, -0.15) is 9.97 Å². The van der Waals surface area contributed by atoms with Crippen molar-refractivity contribution in [1.82, 2.24) is 24.8 Å². The Kier molecular flexibility index (Phi) is 7.82. The van der Waals surface area contributed by atoms with Crippen molar-refractivity contribution in [2.24, 2.45) is 0 Å². The average molecular weight is 695 g/mol. The van der Waals surface area contributed by atoms with Crippen molar-refractivity contribution >= 4 is 45.2 Å². The standard InChI is InChI=1S/C36H38ClF3N6O3/c1-35(2,3)49-34(47)44-17-22-8-9-23(18-44)46(22)32-24-12-27(39)29(25-15-41-14-20-6-4-7-26(37)28(20)25)30(40)31(24)42-33(43-32)48-19-36-10-5-11-45(36)16-21(38)13-36/h4,6-7,12,14-15,21-23H,5,8-11,13,16-19H2,1-3H3/t21-,22-,23+,36+/m1/s1. The lowest BCUT2D eigenvalue weighted by molar-refractivity contribution is 0.0209. The fourth-order valence-electron chi connectivity index (χ4n) is 8.42. The third kappa shape index (κ3) is 5.60. The Morgan fingerprint density at radius 3 is 2.63 bits per heavy atom. The number of nitrogens with zero attached hydrogens (tertiary/aromatic N) is 6. The van der Waals surface area contributed by atoms with Gasteiger partial charge in [-0.1, -0.05) is 23.7 Å². The van der Waals surface area contributed by atoms with E-state index in [1.807, 2.05) is 20.8 Å². The van der Waals surface area contributed by atoms with Gasteiger partial charge in [0.2, 0.25) is 0 Å². The predicted molar refractivity (Wildman–Crippen MR) is 181 cm³/mol. The molecule has 9 nitrogen and oxygen atoms in total. The highest BCUT2D eigenvalue weighted by atomic mass is 35.5. The second-order valence-corrected chi connectivity index (χ2v) is 15.2. The first kappa shape index (κ1) is 32.3. The molecule has 0 radical (unpaired) electrons. The molecule has 0 N–H and O–H groups in total. The van der Waals surface area contributed by atoms with E-state index < -0.39 is 35.0 Å². The van der Waals surface area contributed by atoms with Crippen LogP contribution in [0.2, 0.25) is 5.02 Å². The number of carbonyl (C=O) groups is 1. The molecule has 4 aliphatic rings. The molecule has 258 valence electrons. The average Bonchev–Trinajstić information content (AvgIpc) is 3.65. The number of piperazine rings is 1. The van der Waals surface area contributed by atoms with Gasteiger partial charge in [0.25, 0.3) is 0 Å². The fourth-order valence-corrected chi connectivity index (χ4v) is 8.70. The van der Waals surface area contributed by atoms with Crippen molar-refractivity contribution in [2.45, 2.75) is 82.3 Å². The van der Waals surface area contributed by atoms with Gasteiger partial charge >= 0.3 is 12.1 Å². The summed E-state index contributed by atoms with van der Waals surface area (Å²) in [7, 11) is 0. The third-order valence-electron chi connectivity index (χ3n) is 10.5. The van der Waals surface area contributed by atoms with Crippen LogP contribution in [0.4, 0.5) is 23.8 Å². The maximum absolute atomic E-state index is 16.9. The molecule has 1 amide bonds. The molecule has 6 heterocycles. The first-order chi connectivity index (χ1) is 23.4. The molecule has 4 aromatic rings. The number of aromatic nitrogens is 3. The SMILES string of the molecule is CC(C)(C)OC(=O)N1C[C@H]2CC[C@@H](C1)N2c1nc(OC[C@@]23CCCN2C[C@H](F)C3)nc2c(F)c(-c3cncc4cccc(Cl)c34)c(F)cc12. The number of alkyl halides is 1. The molecule has 4 aliphatic heterocycles. The van der Waals surface area contributed by atoms with E-state index in [0.717, 1.165) is 32.2 Å². The number of likely N-dealkylation sites (tertiary alicyclic amines) is 1. The van der Waals surface area contributed by atoms with Crippen molar-refractivity contribution in [3.05, 3.63) is 53.3 Å². The Morgan fingerprint density at radius 1 is 1.10 bits per heavy atom. The molecule has 13 heteroatoms. The molecule has 0 saturated carbocycles. The van der Waals surface area contributed by atoms with Crippen LogP contribution in [-0.4, -0.2) is 93.0 Å². The number of ether oxygens (including phenoxy) is 2. The maximum Gasteiger partial charge on any atom is 0.410 e. The van der Waals surface area contributed by atoms with Gasteiger partial charge in [-0.25, -0.2) is 18.0 Å². The van der Waals surface area contributed by atoms with Crippen molar-refractivity contribution in [1.29, 1.82) is 0 Å². The van der Waals surface area contributed by atoms with Gasteiger partial charge in [-0.3, -0.25) is 9.88 Å². The Hall–Kier alpha value is -3.90. The lowest BCUT2D eigenvalue weighted by Gasteiger charge is -2.42. The van der Waals surface area contributed by atoms with E-state index in [0.29, 0.717) is 47.7 Å². The van der Waals surface area contributed by atoms with Gasteiger partial charge in [-0.15, -0.1) is 0 Å². The van der Waals surface area contributed by atoms with E-state index >= 15 is 8.78 Å². The number of anilines is 1. The first-order valence-electron chi connectivity index (χ1n) is 16.9. The van der Waals surface area contributed by atoms with E-state index in [1.165, 1.54) is 12.3 Å². The fraction of sp³-hybridized carbons (Fsp3) is 0.500. The van der Waals surface area contributed by atoms with Gasteiger partial charge in [0.05, 0.1) is 11.1 Å². The van der Waals surface area contributed by atoms with E-state index in [2.05, 4.69) is 19.8 Å². The summed E-state index contributed by atoms with van der Waals surface area (Å²) in [6.07, 6.45) is 5.23. The molecular weight excluding hydrogens is 657 g/mol. The number of carbonyl (C=O) groups excluding carboxylic acids is 1. The summed E-state index contributed by atoms with van der Waals surface area (Å²) in [6.45, 7) is 7.51. The minimum absolute atomic E-state index is 0.0643. The molecule has 4 fully saturated rings. The summed E-state index contributed by atoms with van der Waals surface area (Å²) < 4.78 is 59.8. The largest absolute Gasteiger partial charge is 0.461 e. The third-order valence-corrected chi connectivity index (χ3v) is 10.8. The molecule has 2 aromatic carbocycles. The van der Waals surface area contributed by atoms with Gasteiger partial charge < -0.3 is 19.3 Å². The van der Waals surface area contributed by atoms with Crippen LogP contribution in [0.15, 0.2) is 36.7 Å². The van der Waals surface area contributed by atoms with Crippen LogP contribution in [0.25, 0.3) is 32.8 Å². The van der Waals surface area contributed by atoms with Crippen molar-refractivity contribution in [3.8, 4) is 17.1 Å². The molecule has 0 unspecified atom stereocenters. The van der Waals surface area contributed by atoms with Crippen LogP contribution in [0, 0.1) is 11.6 Å².